The highest BCUT2D eigenvalue weighted by atomic mass is 79.9. The number of methoxy groups -OCH3 is 1. The van der Waals surface area contributed by atoms with Gasteiger partial charge < -0.3 is 10.1 Å². The first-order valence-corrected chi connectivity index (χ1v) is 6.87. The van der Waals surface area contributed by atoms with Crippen LogP contribution in [0.15, 0.2) is 22.8 Å². The molecule has 0 aliphatic carbocycles. The van der Waals surface area contributed by atoms with E-state index in [2.05, 4.69) is 46.1 Å². The van der Waals surface area contributed by atoms with Gasteiger partial charge in [0.15, 0.2) is 0 Å². The van der Waals surface area contributed by atoms with Crippen LogP contribution in [-0.2, 0) is 11.2 Å². The molecule has 1 N–H and O–H groups in total. The fraction of sp³-hybridized carbons (Fsp3) is 0.615. The molecule has 0 spiro atoms. The number of hydrogen-bond donors (Lipinski definition) is 1. The largest absolute Gasteiger partial charge is 0.380 e. The minimum atomic E-state index is 0.236. The van der Waals surface area contributed by atoms with E-state index in [9.17, 15) is 0 Å². The van der Waals surface area contributed by atoms with Gasteiger partial charge in [-0.2, -0.15) is 0 Å². The number of ether oxygens (including phenoxy) is 1. The van der Waals surface area contributed by atoms with Crippen molar-refractivity contribution < 1.29 is 4.74 Å². The van der Waals surface area contributed by atoms with Gasteiger partial charge in [0.2, 0.25) is 0 Å². The molecule has 0 amide bonds. The lowest BCUT2D eigenvalue weighted by Crippen LogP contribution is -2.42. The second kappa shape index (κ2) is 7.80. The van der Waals surface area contributed by atoms with E-state index in [4.69, 9.17) is 4.74 Å². The summed E-state index contributed by atoms with van der Waals surface area (Å²) < 4.78 is 6.52. The first-order chi connectivity index (χ1) is 8.21. The zero-order valence-corrected chi connectivity index (χ0v) is 12.3. The van der Waals surface area contributed by atoms with Gasteiger partial charge in [-0.1, -0.05) is 13.8 Å². The lowest BCUT2D eigenvalue weighted by Gasteiger charge is -2.25. The second-order valence-corrected chi connectivity index (χ2v) is 4.93. The van der Waals surface area contributed by atoms with Gasteiger partial charge in [0.25, 0.3) is 0 Å². The Morgan fingerprint density at radius 1 is 1.41 bits per heavy atom. The van der Waals surface area contributed by atoms with Crippen LogP contribution < -0.4 is 5.32 Å². The Labute approximate surface area is 112 Å². The van der Waals surface area contributed by atoms with E-state index >= 15 is 0 Å². The van der Waals surface area contributed by atoms with E-state index in [1.165, 1.54) is 0 Å². The van der Waals surface area contributed by atoms with Crippen LogP contribution >= 0.6 is 15.9 Å². The SMILES string of the molecule is CCNC(Cc1ccc(Br)cn1)C(CC)OC. The molecular weight excluding hydrogens is 280 g/mol. The van der Waals surface area contributed by atoms with E-state index in [0.29, 0.717) is 6.04 Å². The Morgan fingerprint density at radius 3 is 2.65 bits per heavy atom. The lowest BCUT2D eigenvalue weighted by molar-refractivity contribution is 0.0655. The topological polar surface area (TPSA) is 34.2 Å². The lowest BCUT2D eigenvalue weighted by atomic mass is 10.0. The Morgan fingerprint density at radius 2 is 2.18 bits per heavy atom. The Hall–Kier alpha value is -0.450. The molecular formula is C13H21BrN2O. The maximum atomic E-state index is 5.51. The van der Waals surface area contributed by atoms with Crippen molar-refractivity contribution in [1.29, 1.82) is 0 Å². The number of nitrogens with one attached hydrogen (secondary N) is 1. The fourth-order valence-electron chi connectivity index (χ4n) is 1.97. The molecule has 0 aromatic carbocycles. The number of nitrogens with zero attached hydrogens (tertiary/aromatic N) is 1. The van der Waals surface area contributed by atoms with Crippen LogP contribution in [0.5, 0.6) is 0 Å². The predicted molar refractivity (Wildman–Crippen MR) is 74.2 cm³/mol. The first-order valence-electron chi connectivity index (χ1n) is 6.07. The van der Waals surface area contributed by atoms with E-state index < -0.39 is 0 Å². The molecule has 0 aliphatic rings. The molecule has 0 radical (unpaired) electrons. The number of pyridine rings is 1. The van der Waals surface area contributed by atoms with E-state index in [-0.39, 0.29) is 6.10 Å². The predicted octanol–water partition coefficient (Wildman–Crippen LogP) is 2.79. The number of aromatic nitrogens is 1. The monoisotopic (exact) mass is 300 g/mol. The number of likely N-dealkylation sites (N-methyl/N-ethyl adjacent to an activating group) is 1. The summed E-state index contributed by atoms with van der Waals surface area (Å²) in [5.74, 6) is 0. The molecule has 1 aromatic rings. The Kier molecular flexibility index (Phi) is 6.70. The van der Waals surface area contributed by atoms with E-state index in [1.54, 1.807) is 7.11 Å². The standard InChI is InChI=1S/C13H21BrN2O/c1-4-13(17-3)12(15-5-2)8-11-7-6-10(14)9-16-11/h6-7,9,12-13,15H,4-5,8H2,1-3H3. The summed E-state index contributed by atoms with van der Waals surface area (Å²) in [7, 11) is 1.77. The van der Waals surface area contributed by atoms with E-state index in [1.807, 2.05) is 12.3 Å². The minimum Gasteiger partial charge on any atom is -0.380 e. The summed E-state index contributed by atoms with van der Waals surface area (Å²) in [6.07, 6.45) is 3.98. The maximum absolute atomic E-state index is 5.51. The van der Waals surface area contributed by atoms with Crippen molar-refractivity contribution in [2.75, 3.05) is 13.7 Å². The highest BCUT2D eigenvalue weighted by Crippen LogP contribution is 2.12. The van der Waals surface area contributed by atoms with Crippen LogP contribution in [0.1, 0.15) is 26.0 Å². The molecule has 1 heterocycles. The van der Waals surface area contributed by atoms with Gasteiger partial charge in [0, 0.05) is 35.9 Å². The summed E-state index contributed by atoms with van der Waals surface area (Å²) in [4.78, 5) is 4.41. The summed E-state index contributed by atoms with van der Waals surface area (Å²) in [5.41, 5.74) is 1.09. The summed E-state index contributed by atoms with van der Waals surface area (Å²) in [5, 5.41) is 3.47. The highest BCUT2D eigenvalue weighted by molar-refractivity contribution is 9.10. The van der Waals surface area contributed by atoms with Gasteiger partial charge in [0.1, 0.15) is 0 Å². The van der Waals surface area contributed by atoms with Crippen molar-refractivity contribution in [3.8, 4) is 0 Å². The molecule has 0 fully saturated rings. The molecule has 0 aliphatic heterocycles. The molecule has 3 nitrogen and oxygen atoms in total. The first kappa shape index (κ1) is 14.6. The van der Waals surface area contributed by atoms with Crippen LogP contribution in [-0.4, -0.2) is 30.8 Å². The van der Waals surface area contributed by atoms with Crippen molar-refractivity contribution >= 4 is 15.9 Å². The number of halogens is 1. The third kappa shape index (κ3) is 4.74. The smallest absolute Gasteiger partial charge is 0.0725 e. The van der Waals surface area contributed by atoms with Crippen molar-refractivity contribution in [1.82, 2.24) is 10.3 Å². The van der Waals surface area contributed by atoms with E-state index in [0.717, 1.165) is 29.6 Å². The molecule has 0 bridgehead atoms. The Balaban J connectivity index is 2.68. The third-order valence-electron chi connectivity index (χ3n) is 2.84. The van der Waals surface area contributed by atoms with Crippen molar-refractivity contribution in [2.24, 2.45) is 0 Å². The molecule has 1 rings (SSSR count). The van der Waals surface area contributed by atoms with Crippen LogP contribution in [0.25, 0.3) is 0 Å². The molecule has 4 heteroatoms. The number of rotatable bonds is 7. The second-order valence-electron chi connectivity index (χ2n) is 4.02. The van der Waals surface area contributed by atoms with Gasteiger partial charge >= 0.3 is 0 Å². The molecule has 0 saturated carbocycles. The average molecular weight is 301 g/mol. The van der Waals surface area contributed by atoms with Crippen LogP contribution in [0, 0.1) is 0 Å². The van der Waals surface area contributed by atoms with Gasteiger partial charge in [-0.15, -0.1) is 0 Å². The van der Waals surface area contributed by atoms with Gasteiger partial charge in [-0.3, -0.25) is 4.98 Å². The Bertz CT molecular complexity index is 312. The van der Waals surface area contributed by atoms with Gasteiger partial charge in [-0.05, 0) is 41.0 Å². The van der Waals surface area contributed by atoms with Crippen molar-refractivity contribution in [3.05, 3.63) is 28.5 Å². The third-order valence-corrected chi connectivity index (χ3v) is 3.31. The molecule has 96 valence electrons. The average Bonchev–Trinajstić information content (AvgIpc) is 2.34. The van der Waals surface area contributed by atoms with Gasteiger partial charge in [0.05, 0.1) is 6.10 Å². The molecule has 17 heavy (non-hydrogen) atoms. The molecule has 1 aromatic heterocycles. The quantitative estimate of drug-likeness (QED) is 0.841. The van der Waals surface area contributed by atoms with Crippen LogP contribution in [0.4, 0.5) is 0 Å². The summed E-state index contributed by atoms with van der Waals surface area (Å²) in [6, 6.07) is 4.40. The van der Waals surface area contributed by atoms with Crippen molar-refractivity contribution in [3.63, 3.8) is 0 Å². The number of hydrogen-bond acceptors (Lipinski definition) is 3. The summed E-state index contributed by atoms with van der Waals surface area (Å²) >= 11 is 3.40. The maximum Gasteiger partial charge on any atom is 0.0725 e. The van der Waals surface area contributed by atoms with Gasteiger partial charge in [-0.25, -0.2) is 0 Å². The molecule has 2 unspecified atom stereocenters. The van der Waals surface area contributed by atoms with Crippen LogP contribution in [0.2, 0.25) is 0 Å². The van der Waals surface area contributed by atoms with Crippen LogP contribution in [0.3, 0.4) is 0 Å². The van der Waals surface area contributed by atoms with Crippen molar-refractivity contribution in [2.45, 2.75) is 38.8 Å². The molecule has 0 saturated heterocycles. The molecule has 2 atom stereocenters. The zero-order chi connectivity index (χ0) is 12.7. The zero-order valence-electron chi connectivity index (χ0n) is 10.7. The summed E-state index contributed by atoms with van der Waals surface area (Å²) in [6.45, 7) is 5.21. The minimum absolute atomic E-state index is 0.236. The highest BCUT2D eigenvalue weighted by Gasteiger charge is 2.19. The fourth-order valence-corrected chi connectivity index (χ4v) is 2.20. The normalized spacial score (nSPS) is 14.6.